The Hall–Kier alpha value is -3.17. The van der Waals surface area contributed by atoms with Crippen LogP contribution in [-0.4, -0.2) is 52.6 Å². The molecule has 148 valence electrons. The van der Waals surface area contributed by atoms with Gasteiger partial charge in [0.2, 0.25) is 5.88 Å². The summed E-state index contributed by atoms with van der Waals surface area (Å²) in [5.74, 6) is 1.18. The average molecular weight is 385 g/mol. The van der Waals surface area contributed by atoms with Gasteiger partial charge in [-0.3, -0.25) is 4.68 Å². The number of aryl methyl sites for hydroxylation is 2. The summed E-state index contributed by atoms with van der Waals surface area (Å²) in [6, 6.07) is -0.0957. The van der Waals surface area contributed by atoms with E-state index in [1.807, 2.05) is 36.3 Å². The highest BCUT2D eigenvalue weighted by Crippen LogP contribution is 2.31. The third-order valence-corrected chi connectivity index (χ3v) is 5.26. The van der Waals surface area contributed by atoms with E-state index in [2.05, 4.69) is 20.4 Å². The Bertz CT molecular complexity index is 1030. The number of carboxylic acid groups (broad SMARTS) is 1. The number of nitrogens with zero attached hydrogens (tertiary/aromatic N) is 6. The van der Waals surface area contributed by atoms with Gasteiger partial charge in [-0.25, -0.2) is 14.8 Å². The van der Waals surface area contributed by atoms with Crippen LogP contribution >= 0.6 is 0 Å². The molecule has 28 heavy (non-hydrogen) atoms. The van der Waals surface area contributed by atoms with E-state index in [0.717, 1.165) is 36.5 Å². The van der Waals surface area contributed by atoms with Crippen LogP contribution in [0.3, 0.4) is 0 Å². The topological polar surface area (TPSA) is 120 Å². The third-order valence-electron chi connectivity index (χ3n) is 5.26. The minimum Gasteiger partial charge on any atom is -0.473 e. The number of amides is 1. The SMILES string of the molecule is CCn1ncc(-c2nc3c(O[C@H]4CC[C@H](NC(=O)O)C4)ncnc3n2C)c1C. The minimum atomic E-state index is -1.01. The first-order valence-corrected chi connectivity index (χ1v) is 9.34. The minimum absolute atomic E-state index is 0.0957. The van der Waals surface area contributed by atoms with Crippen LogP contribution in [0.5, 0.6) is 5.88 Å². The molecule has 3 aromatic heterocycles. The monoisotopic (exact) mass is 385 g/mol. The molecular weight excluding hydrogens is 362 g/mol. The van der Waals surface area contributed by atoms with Crippen molar-refractivity contribution in [2.45, 2.75) is 51.8 Å². The van der Waals surface area contributed by atoms with Gasteiger partial charge in [0.15, 0.2) is 11.2 Å². The number of hydrogen-bond acceptors (Lipinski definition) is 6. The van der Waals surface area contributed by atoms with Crippen molar-refractivity contribution >= 4 is 17.3 Å². The normalized spacial score (nSPS) is 19.2. The molecule has 1 saturated carbocycles. The van der Waals surface area contributed by atoms with Crippen LogP contribution in [0, 0.1) is 6.92 Å². The van der Waals surface area contributed by atoms with Crippen LogP contribution in [0.15, 0.2) is 12.5 Å². The van der Waals surface area contributed by atoms with Gasteiger partial charge in [-0.1, -0.05) is 0 Å². The van der Waals surface area contributed by atoms with Crippen molar-refractivity contribution in [1.29, 1.82) is 0 Å². The Kier molecular flexibility index (Phi) is 4.62. The van der Waals surface area contributed by atoms with E-state index in [1.54, 1.807) is 0 Å². The molecular formula is C18H23N7O3. The molecule has 0 bridgehead atoms. The van der Waals surface area contributed by atoms with Crippen LogP contribution in [0.4, 0.5) is 4.79 Å². The van der Waals surface area contributed by atoms with Crippen molar-refractivity contribution in [3.63, 3.8) is 0 Å². The first-order valence-electron chi connectivity index (χ1n) is 9.34. The Labute approximate surface area is 161 Å². The maximum absolute atomic E-state index is 10.8. The van der Waals surface area contributed by atoms with E-state index in [-0.39, 0.29) is 12.1 Å². The fraction of sp³-hybridized carbons (Fsp3) is 0.500. The van der Waals surface area contributed by atoms with Crippen molar-refractivity contribution in [3.05, 3.63) is 18.2 Å². The quantitative estimate of drug-likeness (QED) is 0.690. The maximum Gasteiger partial charge on any atom is 0.404 e. The summed E-state index contributed by atoms with van der Waals surface area (Å²) in [4.78, 5) is 24.2. The molecule has 1 fully saturated rings. The van der Waals surface area contributed by atoms with Gasteiger partial charge in [-0.2, -0.15) is 10.1 Å². The van der Waals surface area contributed by atoms with Gasteiger partial charge < -0.3 is 19.7 Å². The lowest BCUT2D eigenvalue weighted by Crippen LogP contribution is -2.32. The van der Waals surface area contributed by atoms with Gasteiger partial charge in [0.25, 0.3) is 0 Å². The molecule has 1 aliphatic rings. The number of carbonyl (C=O) groups is 1. The second-order valence-corrected chi connectivity index (χ2v) is 7.00. The molecule has 4 rings (SSSR count). The lowest BCUT2D eigenvalue weighted by atomic mass is 10.2. The fourth-order valence-corrected chi connectivity index (χ4v) is 3.80. The summed E-state index contributed by atoms with van der Waals surface area (Å²) in [5.41, 5.74) is 3.26. The molecule has 0 saturated heterocycles. The van der Waals surface area contributed by atoms with Gasteiger partial charge in [-0.05, 0) is 26.7 Å². The summed E-state index contributed by atoms with van der Waals surface area (Å²) < 4.78 is 9.92. The zero-order chi connectivity index (χ0) is 19.8. The molecule has 10 heteroatoms. The first-order chi connectivity index (χ1) is 13.5. The van der Waals surface area contributed by atoms with Gasteiger partial charge in [0.05, 0.1) is 11.8 Å². The highest BCUT2D eigenvalue weighted by molar-refractivity contribution is 5.81. The fourth-order valence-electron chi connectivity index (χ4n) is 3.80. The van der Waals surface area contributed by atoms with Crippen LogP contribution < -0.4 is 10.1 Å². The van der Waals surface area contributed by atoms with Gasteiger partial charge in [0.1, 0.15) is 18.3 Å². The van der Waals surface area contributed by atoms with E-state index in [1.165, 1.54) is 6.33 Å². The third kappa shape index (κ3) is 3.14. The second-order valence-electron chi connectivity index (χ2n) is 7.00. The van der Waals surface area contributed by atoms with Crippen LogP contribution in [-0.2, 0) is 13.6 Å². The lowest BCUT2D eigenvalue weighted by molar-refractivity contribution is 0.184. The highest BCUT2D eigenvalue weighted by atomic mass is 16.5. The van der Waals surface area contributed by atoms with Gasteiger partial charge >= 0.3 is 6.09 Å². The summed E-state index contributed by atoms with van der Waals surface area (Å²) in [6.45, 7) is 4.85. The zero-order valence-corrected chi connectivity index (χ0v) is 16.1. The molecule has 1 aliphatic carbocycles. The smallest absolute Gasteiger partial charge is 0.404 e. The second kappa shape index (κ2) is 7.10. The Morgan fingerprint density at radius 2 is 2.21 bits per heavy atom. The Balaban J connectivity index is 1.64. The van der Waals surface area contributed by atoms with Crippen molar-refractivity contribution in [2.24, 2.45) is 7.05 Å². The highest BCUT2D eigenvalue weighted by Gasteiger charge is 2.29. The first kappa shape index (κ1) is 18.2. The van der Waals surface area contributed by atoms with Crippen LogP contribution in [0.1, 0.15) is 31.9 Å². The van der Waals surface area contributed by atoms with E-state index in [9.17, 15) is 4.79 Å². The number of rotatable bonds is 5. The van der Waals surface area contributed by atoms with E-state index in [4.69, 9.17) is 14.8 Å². The molecule has 3 aromatic rings. The van der Waals surface area contributed by atoms with E-state index in [0.29, 0.717) is 23.5 Å². The summed E-state index contributed by atoms with van der Waals surface area (Å²) in [5, 5.41) is 15.8. The molecule has 2 atom stereocenters. The number of aromatic nitrogens is 6. The van der Waals surface area contributed by atoms with Crippen molar-refractivity contribution in [3.8, 4) is 17.3 Å². The molecule has 10 nitrogen and oxygen atoms in total. The lowest BCUT2D eigenvalue weighted by Gasteiger charge is -2.13. The largest absolute Gasteiger partial charge is 0.473 e. The molecule has 0 radical (unpaired) electrons. The van der Waals surface area contributed by atoms with Crippen LogP contribution in [0.2, 0.25) is 0 Å². The predicted octanol–water partition coefficient (Wildman–Crippen LogP) is 2.12. The standard InChI is InChI=1S/C18H23N7O3/c1-4-25-10(2)13(8-21-25)15-23-14-16(24(15)3)19-9-20-17(14)28-12-6-5-11(7-12)22-18(26)27/h8-9,11-12,22H,4-7H2,1-3H3,(H,26,27)/t11-,12-/m0/s1. The molecule has 0 aliphatic heterocycles. The number of ether oxygens (including phenoxy) is 1. The summed E-state index contributed by atoms with van der Waals surface area (Å²) >= 11 is 0. The van der Waals surface area contributed by atoms with Gasteiger partial charge in [0, 0.05) is 31.7 Å². The number of nitrogens with one attached hydrogen (secondary N) is 1. The average Bonchev–Trinajstić information content (AvgIpc) is 3.33. The van der Waals surface area contributed by atoms with E-state index < -0.39 is 6.09 Å². The predicted molar refractivity (Wildman–Crippen MR) is 101 cm³/mol. The Morgan fingerprint density at radius 3 is 2.93 bits per heavy atom. The molecule has 0 aromatic carbocycles. The summed E-state index contributed by atoms with van der Waals surface area (Å²) in [7, 11) is 1.91. The van der Waals surface area contributed by atoms with Crippen LogP contribution in [0.25, 0.3) is 22.6 Å². The van der Waals surface area contributed by atoms with Crippen molar-refractivity contribution in [1.82, 2.24) is 34.6 Å². The molecule has 0 spiro atoms. The maximum atomic E-state index is 10.8. The molecule has 0 unspecified atom stereocenters. The molecule has 3 heterocycles. The molecule has 2 N–H and O–H groups in total. The number of hydrogen-bond donors (Lipinski definition) is 2. The summed E-state index contributed by atoms with van der Waals surface area (Å²) in [6.07, 6.45) is 4.28. The molecule has 1 amide bonds. The van der Waals surface area contributed by atoms with Crippen molar-refractivity contribution < 1.29 is 14.6 Å². The van der Waals surface area contributed by atoms with Gasteiger partial charge in [-0.15, -0.1) is 0 Å². The number of imidazole rings is 1. The Morgan fingerprint density at radius 1 is 1.39 bits per heavy atom. The van der Waals surface area contributed by atoms with Crippen molar-refractivity contribution in [2.75, 3.05) is 0 Å². The van der Waals surface area contributed by atoms with E-state index >= 15 is 0 Å². The number of fused-ring (bicyclic) bond motifs is 1. The zero-order valence-electron chi connectivity index (χ0n) is 16.1.